The number of halogens is 2. The van der Waals surface area contributed by atoms with E-state index in [9.17, 15) is 18.7 Å². The second-order valence-electron chi connectivity index (χ2n) is 4.63. The van der Waals surface area contributed by atoms with E-state index < -0.39 is 23.6 Å². The Bertz CT molecular complexity index is 476. The smallest absolute Gasteiger partial charge is 0.256 e. The first-order valence-electron chi connectivity index (χ1n) is 5.92. The summed E-state index contributed by atoms with van der Waals surface area (Å²) in [6.07, 6.45) is 0.774. The molecular formula is C13H15F2NO2. The quantitative estimate of drug-likeness (QED) is 0.832. The Morgan fingerprint density at radius 3 is 2.78 bits per heavy atom. The van der Waals surface area contributed by atoms with Crippen LogP contribution in [0.4, 0.5) is 8.78 Å². The Kier molecular flexibility index (Phi) is 3.61. The molecule has 1 heterocycles. The van der Waals surface area contributed by atoms with Gasteiger partial charge in [-0.1, -0.05) is 0 Å². The lowest BCUT2D eigenvalue weighted by molar-refractivity contribution is 0.0469. The van der Waals surface area contributed by atoms with Gasteiger partial charge in [-0.15, -0.1) is 0 Å². The number of likely N-dealkylation sites (tertiary alicyclic amines) is 1. The molecule has 0 saturated carbocycles. The number of nitrogens with zero attached hydrogens (tertiary/aromatic N) is 1. The van der Waals surface area contributed by atoms with Gasteiger partial charge in [0.15, 0.2) is 0 Å². The van der Waals surface area contributed by atoms with E-state index in [1.54, 1.807) is 0 Å². The van der Waals surface area contributed by atoms with E-state index >= 15 is 0 Å². The van der Waals surface area contributed by atoms with Gasteiger partial charge in [0, 0.05) is 19.2 Å². The average molecular weight is 255 g/mol. The molecule has 0 radical (unpaired) electrons. The van der Waals surface area contributed by atoms with Gasteiger partial charge in [-0.2, -0.15) is 0 Å². The monoisotopic (exact) mass is 255 g/mol. The molecule has 1 aromatic rings. The van der Waals surface area contributed by atoms with E-state index in [2.05, 4.69) is 0 Å². The number of carbonyl (C=O) groups is 1. The Morgan fingerprint density at radius 1 is 1.39 bits per heavy atom. The molecule has 3 nitrogen and oxygen atoms in total. The zero-order valence-corrected chi connectivity index (χ0v) is 10.1. The van der Waals surface area contributed by atoms with Crippen molar-refractivity contribution in [1.29, 1.82) is 0 Å². The van der Waals surface area contributed by atoms with Crippen molar-refractivity contribution in [1.82, 2.24) is 4.90 Å². The highest BCUT2D eigenvalue weighted by atomic mass is 19.1. The number of rotatable bonds is 1. The lowest BCUT2D eigenvalue weighted by atomic mass is 10.1. The van der Waals surface area contributed by atoms with Crippen molar-refractivity contribution < 1.29 is 18.7 Å². The molecule has 1 atom stereocenters. The summed E-state index contributed by atoms with van der Waals surface area (Å²) in [6, 6.07) is 1.94. The number of hydrogen-bond acceptors (Lipinski definition) is 2. The van der Waals surface area contributed by atoms with Gasteiger partial charge >= 0.3 is 0 Å². The maximum Gasteiger partial charge on any atom is 0.256 e. The van der Waals surface area contributed by atoms with E-state index in [1.807, 2.05) is 0 Å². The fourth-order valence-electron chi connectivity index (χ4n) is 2.13. The van der Waals surface area contributed by atoms with Gasteiger partial charge in [-0.25, -0.2) is 8.78 Å². The van der Waals surface area contributed by atoms with Crippen molar-refractivity contribution in [3.63, 3.8) is 0 Å². The highest BCUT2D eigenvalue weighted by molar-refractivity contribution is 5.94. The van der Waals surface area contributed by atoms with Gasteiger partial charge in [-0.3, -0.25) is 4.79 Å². The van der Waals surface area contributed by atoms with Gasteiger partial charge in [0.25, 0.3) is 5.91 Å². The summed E-state index contributed by atoms with van der Waals surface area (Å²) < 4.78 is 26.7. The molecule has 1 aliphatic heterocycles. The fraction of sp³-hybridized carbons (Fsp3) is 0.462. The van der Waals surface area contributed by atoms with Crippen LogP contribution in [0.25, 0.3) is 0 Å². The van der Waals surface area contributed by atoms with E-state index in [1.165, 1.54) is 17.9 Å². The van der Waals surface area contributed by atoms with E-state index in [0.29, 0.717) is 19.4 Å². The van der Waals surface area contributed by atoms with Gasteiger partial charge in [-0.05, 0) is 31.4 Å². The Labute approximate surface area is 104 Å². The maximum atomic E-state index is 13.6. The lowest BCUT2D eigenvalue weighted by Gasteiger charge is -2.30. The van der Waals surface area contributed by atoms with Crippen molar-refractivity contribution in [3.8, 4) is 0 Å². The summed E-state index contributed by atoms with van der Waals surface area (Å²) in [5, 5.41) is 9.50. The van der Waals surface area contributed by atoms with Crippen LogP contribution >= 0.6 is 0 Å². The van der Waals surface area contributed by atoms with Crippen molar-refractivity contribution >= 4 is 5.91 Å². The number of hydrogen-bond donors (Lipinski definition) is 1. The molecule has 0 aliphatic carbocycles. The van der Waals surface area contributed by atoms with Gasteiger partial charge in [0.1, 0.15) is 11.6 Å². The van der Waals surface area contributed by atoms with Crippen molar-refractivity contribution in [2.24, 2.45) is 0 Å². The van der Waals surface area contributed by atoms with Crippen LogP contribution in [0.3, 0.4) is 0 Å². The Balaban J connectivity index is 2.25. The zero-order chi connectivity index (χ0) is 13.3. The SMILES string of the molecule is Cc1cc(C(=O)N2CCCC(O)C2)c(F)cc1F. The van der Waals surface area contributed by atoms with Gasteiger partial charge < -0.3 is 10.0 Å². The number of aliphatic hydroxyl groups excluding tert-OH is 1. The van der Waals surface area contributed by atoms with E-state index in [-0.39, 0.29) is 17.7 Å². The molecule has 1 unspecified atom stereocenters. The van der Waals surface area contributed by atoms with Crippen molar-refractivity contribution in [2.45, 2.75) is 25.9 Å². The van der Waals surface area contributed by atoms with Gasteiger partial charge in [0.05, 0.1) is 11.7 Å². The first-order valence-corrected chi connectivity index (χ1v) is 5.92. The largest absolute Gasteiger partial charge is 0.391 e. The summed E-state index contributed by atoms with van der Waals surface area (Å²) >= 11 is 0. The molecule has 98 valence electrons. The summed E-state index contributed by atoms with van der Waals surface area (Å²) in [6.45, 7) is 2.18. The van der Waals surface area contributed by atoms with Crippen LogP contribution in [0, 0.1) is 18.6 Å². The third kappa shape index (κ3) is 2.51. The number of benzene rings is 1. The predicted molar refractivity (Wildman–Crippen MR) is 62.2 cm³/mol. The third-order valence-electron chi connectivity index (χ3n) is 3.16. The normalized spacial score (nSPS) is 20.0. The van der Waals surface area contributed by atoms with Crippen molar-refractivity contribution in [3.05, 3.63) is 34.9 Å². The second-order valence-corrected chi connectivity index (χ2v) is 4.63. The number of aryl methyl sites for hydroxylation is 1. The molecule has 0 bridgehead atoms. The minimum atomic E-state index is -0.858. The lowest BCUT2D eigenvalue weighted by Crippen LogP contribution is -2.42. The maximum absolute atomic E-state index is 13.6. The molecule has 2 rings (SSSR count). The topological polar surface area (TPSA) is 40.5 Å². The van der Waals surface area contributed by atoms with E-state index in [0.717, 1.165) is 6.07 Å². The highest BCUT2D eigenvalue weighted by Crippen LogP contribution is 2.18. The zero-order valence-electron chi connectivity index (χ0n) is 10.1. The third-order valence-corrected chi connectivity index (χ3v) is 3.16. The van der Waals surface area contributed by atoms with Crippen LogP contribution in [0.1, 0.15) is 28.8 Å². The fourth-order valence-corrected chi connectivity index (χ4v) is 2.13. The van der Waals surface area contributed by atoms with Crippen LogP contribution in [0.5, 0.6) is 0 Å². The molecule has 0 aromatic heterocycles. The molecule has 1 N–H and O–H groups in total. The minimum Gasteiger partial charge on any atom is -0.391 e. The number of carbonyl (C=O) groups excluding carboxylic acids is 1. The molecule has 1 aromatic carbocycles. The van der Waals surface area contributed by atoms with E-state index in [4.69, 9.17) is 0 Å². The molecule has 0 spiro atoms. The molecular weight excluding hydrogens is 240 g/mol. The van der Waals surface area contributed by atoms with Crippen LogP contribution in [0.2, 0.25) is 0 Å². The summed E-state index contributed by atoms with van der Waals surface area (Å²) in [5.74, 6) is -2.01. The highest BCUT2D eigenvalue weighted by Gasteiger charge is 2.25. The van der Waals surface area contributed by atoms with Crippen LogP contribution in [-0.4, -0.2) is 35.1 Å². The first-order chi connectivity index (χ1) is 8.49. The molecule has 1 fully saturated rings. The summed E-state index contributed by atoms with van der Waals surface area (Å²) in [7, 11) is 0. The Morgan fingerprint density at radius 2 is 2.11 bits per heavy atom. The van der Waals surface area contributed by atoms with Crippen LogP contribution in [0.15, 0.2) is 12.1 Å². The average Bonchev–Trinajstić information content (AvgIpc) is 2.33. The number of β-amino-alcohol motifs (C(OH)–C–C–N with tert-alkyl or cyclic N) is 1. The number of amides is 1. The molecule has 1 saturated heterocycles. The first kappa shape index (κ1) is 13.0. The predicted octanol–water partition coefficient (Wildman–Crippen LogP) is 1.87. The standard InChI is InChI=1S/C13H15F2NO2/c1-8-5-10(12(15)6-11(8)14)13(18)16-4-2-3-9(17)7-16/h5-6,9,17H,2-4,7H2,1H3. The van der Waals surface area contributed by atoms with Gasteiger partial charge in [0.2, 0.25) is 0 Å². The Hall–Kier alpha value is -1.49. The molecule has 5 heteroatoms. The molecule has 18 heavy (non-hydrogen) atoms. The number of piperidine rings is 1. The van der Waals surface area contributed by atoms with Crippen LogP contribution in [-0.2, 0) is 0 Å². The minimum absolute atomic E-state index is 0.136. The number of aliphatic hydroxyl groups is 1. The summed E-state index contributed by atoms with van der Waals surface area (Å²) in [4.78, 5) is 13.5. The molecule has 1 amide bonds. The van der Waals surface area contributed by atoms with Crippen LogP contribution < -0.4 is 0 Å². The summed E-state index contributed by atoms with van der Waals surface area (Å²) in [5.41, 5.74) is 0.0975. The molecule has 1 aliphatic rings. The van der Waals surface area contributed by atoms with Crippen molar-refractivity contribution in [2.75, 3.05) is 13.1 Å². The second kappa shape index (κ2) is 5.02.